The van der Waals surface area contributed by atoms with E-state index in [9.17, 15) is 8.42 Å². The summed E-state index contributed by atoms with van der Waals surface area (Å²) in [5.74, 6) is 0. The van der Waals surface area contributed by atoms with E-state index in [-0.39, 0.29) is 5.54 Å². The minimum Gasteiger partial charge on any atom is -0.315 e. The second kappa shape index (κ2) is 6.53. The first kappa shape index (κ1) is 17.6. The van der Waals surface area contributed by atoms with E-state index in [2.05, 4.69) is 10.0 Å². The van der Waals surface area contributed by atoms with Crippen LogP contribution in [0.2, 0.25) is 0 Å². The van der Waals surface area contributed by atoms with Gasteiger partial charge >= 0.3 is 0 Å². The Hall–Kier alpha value is -0.470. The minimum atomic E-state index is -3.43. The van der Waals surface area contributed by atoms with E-state index in [1.54, 1.807) is 6.07 Å². The first-order valence-corrected chi connectivity index (χ1v) is 8.81. The lowest BCUT2D eigenvalue weighted by atomic mass is 10.1. The summed E-state index contributed by atoms with van der Waals surface area (Å²) in [6.45, 7) is 7.01. The molecule has 0 spiro atoms. The van der Waals surface area contributed by atoms with Gasteiger partial charge < -0.3 is 10.2 Å². The second-order valence-corrected chi connectivity index (χ2v) is 8.86. The van der Waals surface area contributed by atoms with E-state index < -0.39 is 10.0 Å². The average Bonchev–Trinajstić information content (AvgIpc) is 2.70. The maximum atomic E-state index is 12.3. The van der Waals surface area contributed by atoms with Crippen LogP contribution in [0.4, 0.5) is 0 Å². The first-order valence-electron chi connectivity index (χ1n) is 6.51. The number of rotatable bonds is 7. The molecular weight excluding hydrogens is 294 g/mol. The smallest absolute Gasteiger partial charge is 0.250 e. The standard InChI is InChI=1S/C13H25N3O2S2/c1-10-7-12(19-11(10)8-14-4)20(17,18)15-9-13(2,3)16(5)6/h7,14-15H,8-9H2,1-6H3. The Morgan fingerprint density at radius 1 is 1.35 bits per heavy atom. The molecule has 0 radical (unpaired) electrons. The summed E-state index contributed by atoms with van der Waals surface area (Å²) >= 11 is 1.32. The fourth-order valence-electron chi connectivity index (χ4n) is 1.46. The Morgan fingerprint density at radius 3 is 2.45 bits per heavy atom. The van der Waals surface area contributed by atoms with E-state index in [0.29, 0.717) is 17.3 Å². The lowest BCUT2D eigenvalue weighted by Crippen LogP contribution is -2.48. The molecule has 1 aromatic rings. The van der Waals surface area contributed by atoms with Gasteiger partial charge in [-0.05, 0) is 53.5 Å². The van der Waals surface area contributed by atoms with Crippen molar-refractivity contribution in [3.8, 4) is 0 Å². The van der Waals surface area contributed by atoms with Crippen molar-refractivity contribution < 1.29 is 8.42 Å². The number of hydrogen-bond acceptors (Lipinski definition) is 5. The van der Waals surface area contributed by atoms with Gasteiger partial charge in [-0.25, -0.2) is 13.1 Å². The fraction of sp³-hybridized carbons (Fsp3) is 0.692. The van der Waals surface area contributed by atoms with Crippen LogP contribution in [0.3, 0.4) is 0 Å². The van der Waals surface area contributed by atoms with E-state index in [0.717, 1.165) is 10.4 Å². The molecule has 1 rings (SSSR count). The number of hydrogen-bond donors (Lipinski definition) is 2. The molecule has 1 aromatic heterocycles. The average molecular weight is 319 g/mol. The van der Waals surface area contributed by atoms with Crippen LogP contribution in [0.15, 0.2) is 10.3 Å². The van der Waals surface area contributed by atoms with Crippen LogP contribution in [-0.2, 0) is 16.6 Å². The van der Waals surface area contributed by atoms with Gasteiger partial charge in [0.05, 0.1) is 0 Å². The Balaban J connectivity index is 2.87. The Morgan fingerprint density at radius 2 is 1.95 bits per heavy atom. The highest BCUT2D eigenvalue weighted by molar-refractivity contribution is 7.91. The highest BCUT2D eigenvalue weighted by Crippen LogP contribution is 2.26. The van der Waals surface area contributed by atoms with Crippen LogP contribution in [-0.4, -0.2) is 46.5 Å². The van der Waals surface area contributed by atoms with E-state index in [4.69, 9.17) is 0 Å². The van der Waals surface area contributed by atoms with E-state index in [1.807, 2.05) is 46.8 Å². The highest BCUT2D eigenvalue weighted by Gasteiger charge is 2.25. The second-order valence-electron chi connectivity index (χ2n) is 5.73. The quantitative estimate of drug-likeness (QED) is 0.797. The van der Waals surface area contributed by atoms with Gasteiger partial charge in [0.1, 0.15) is 4.21 Å². The van der Waals surface area contributed by atoms with Crippen molar-refractivity contribution in [1.29, 1.82) is 0 Å². The molecule has 1 heterocycles. The lowest BCUT2D eigenvalue weighted by Gasteiger charge is -2.32. The largest absolute Gasteiger partial charge is 0.315 e. The zero-order valence-corrected chi connectivity index (χ0v) is 14.7. The van der Waals surface area contributed by atoms with Gasteiger partial charge in [0.25, 0.3) is 0 Å². The number of nitrogens with one attached hydrogen (secondary N) is 2. The molecule has 0 atom stereocenters. The molecule has 0 aliphatic heterocycles. The third-order valence-electron chi connectivity index (χ3n) is 3.51. The topological polar surface area (TPSA) is 61.4 Å². The molecule has 20 heavy (non-hydrogen) atoms. The molecule has 2 N–H and O–H groups in total. The molecule has 5 nitrogen and oxygen atoms in total. The van der Waals surface area contributed by atoms with E-state index in [1.165, 1.54) is 11.3 Å². The zero-order chi connectivity index (χ0) is 15.6. The highest BCUT2D eigenvalue weighted by atomic mass is 32.2. The summed E-state index contributed by atoms with van der Waals surface area (Å²) in [4.78, 5) is 3.06. The summed E-state index contributed by atoms with van der Waals surface area (Å²) in [6.07, 6.45) is 0. The van der Waals surface area contributed by atoms with Crippen LogP contribution >= 0.6 is 11.3 Å². The van der Waals surface area contributed by atoms with Gasteiger partial charge in [-0.2, -0.15) is 0 Å². The van der Waals surface area contributed by atoms with E-state index >= 15 is 0 Å². The van der Waals surface area contributed by atoms with Gasteiger partial charge in [0.15, 0.2) is 0 Å². The maximum Gasteiger partial charge on any atom is 0.250 e. The van der Waals surface area contributed by atoms with Crippen molar-refractivity contribution in [1.82, 2.24) is 14.9 Å². The normalized spacial score (nSPS) is 13.2. The summed E-state index contributed by atoms with van der Waals surface area (Å²) in [5.41, 5.74) is 0.782. The molecule has 0 saturated carbocycles. The molecule has 0 fully saturated rings. The van der Waals surface area contributed by atoms with Crippen LogP contribution in [0.25, 0.3) is 0 Å². The zero-order valence-electron chi connectivity index (χ0n) is 13.1. The summed E-state index contributed by atoms with van der Waals surface area (Å²) < 4.78 is 27.7. The number of aryl methyl sites for hydroxylation is 1. The van der Waals surface area contributed by atoms with Crippen molar-refractivity contribution in [3.63, 3.8) is 0 Å². The molecule has 0 aromatic carbocycles. The third-order valence-corrected chi connectivity index (χ3v) is 6.62. The van der Waals surface area contributed by atoms with Crippen molar-refractivity contribution in [3.05, 3.63) is 16.5 Å². The first-order chi connectivity index (χ1) is 9.10. The van der Waals surface area contributed by atoms with Crippen LogP contribution < -0.4 is 10.0 Å². The minimum absolute atomic E-state index is 0.229. The number of nitrogens with zero attached hydrogens (tertiary/aromatic N) is 1. The molecular formula is C13H25N3O2S2. The van der Waals surface area contributed by atoms with Gasteiger partial charge in [-0.15, -0.1) is 11.3 Å². The lowest BCUT2D eigenvalue weighted by molar-refractivity contribution is 0.199. The van der Waals surface area contributed by atoms with Crippen LogP contribution in [0, 0.1) is 6.92 Å². The summed E-state index contributed by atoms with van der Waals surface area (Å²) in [6, 6.07) is 1.74. The number of likely N-dealkylation sites (N-methyl/N-ethyl adjacent to an activating group) is 1. The van der Waals surface area contributed by atoms with Crippen molar-refractivity contribution in [2.24, 2.45) is 0 Å². The van der Waals surface area contributed by atoms with Crippen LogP contribution in [0.5, 0.6) is 0 Å². The van der Waals surface area contributed by atoms with Gasteiger partial charge in [0.2, 0.25) is 10.0 Å². The van der Waals surface area contributed by atoms with Gasteiger partial charge in [-0.3, -0.25) is 0 Å². The summed E-state index contributed by atoms with van der Waals surface area (Å²) in [7, 11) is 2.30. The van der Waals surface area contributed by atoms with Gasteiger partial charge in [-0.1, -0.05) is 0 Å². The Kier molecular flexibility index (Phi) is 5.74. The SMILES string of the molecule is CNCc1sc(S(=O)(=O)NCC(C)(C)N(C)C)cc1C. The third kappa shape index (κ3) is 4.26. The predicted octanol–water partition coefficient (Wildman–Crippen LogP) is 1.39. The number of sulfonamides is 1. The van der Waals surface area contributed by atoms with Crippen LogP contribution in [0.1, 0.15) is 24.3 Å². The molecule has 0 aliphatic carbocycles. The monoisotopic (exact) mass is 319 g/mol. The summed E-state index contributed by atoms with van der Waals surface area (Å²) in [5, 5.41) is 3.05. The molecule has 0 unspecified atom stereocenters. The Labute approximate surface area is 126 Å². The predicted molar refractivity (Wildman–Crippen MR) is 84.8 cm³/mol. The molecule has 0 amide bonds. The molecule has 0 aliphatic rings. The fourth-order valence-corrected chi connectivity index (χ4v) is 4.31. The Bertz CT molecular complexity index is 548. The van der Waals surface area contributed by atoms with Crippen molar-refractivity contribution >= 4 is 21.4 Å². The maximum absolute atomic E-state index is 12.3. The number of thiophene rings is 1. The molecule has 116 valence electrons. The van der Waals surface area contributed by atoms with Crippen molar-refractivity contribution in [2.75, 3.05) is 27.7 Å². The van der Waals surface area contributed by atoms with Gasteiger partial charge in [0, 0.05) is 23.5 Å². The molecule has 0 bridgehead atoms. The molecule has 0 saturated heterocycles. The molecule has 7 heteroatoms. The van der Waals surface area contributed by atoms with Crippen molar-refractivity contribution in [2.45, 2.75) is 37.1 Å².